The van der Waals surface area contributed by atoms with Crippen LogP contribution in [0.3, 0.4) is 0 Å². The summed E-state index contributed by atoms with van der Waals surface area (Å²) in [6.45, 7) is 6.51. The molecule has 0 bridgehead atoms. The fourth-order valence-electron chi connectivity index (χ4n) is 4.86. The van der Waals surface area contributed by atoms with Gasteiger partial charge in [-0.15, -0.1) is 0 Å². The molecule has 5 aliphatic rings. The molecule has 5 heterocycles. The quantitative estimate of drug-likeness (QED) is 0.421. The van der Waals surface area contributed by atoms with Crippen LogP contribution in [0.5, 0.6) is 0 Å². The number of alkyl halides is 2. The van der Waals surface area contributed by atoms with E-state index in [9.17, 15) is 19.0 Å². The summed E-state index contributed by atoms with van der Waals surface area (Å²) in [5.41, 5.74) is -0.622. The number of nitrogens with zero attached hydrogens (tertiary/aromatic N) is 4. The Bertz CT molecular complexity index is 899. The largest absolute Gasteiger partial charge is 0.400 e. The van der Waals surface area contributed by atoms with E-state index in [1.807, 2.05) is 46.9 Å². The van der Waals surface area contributed by atoms with Gasteiger partial charge in [-0.25, -0.2) is 8.78 Å². The van der Waals surface area contributed by atoms with Crippen LogP contribution in [0, 0.1) is 0 Å². The van der Waals surface area contributed by atoms with Crippen molar-refractivity contribution in [2.45, 2.75) is 105 Å². The van der Waals surface area contributed by atoms with Gasteiger partial charge in [0.1, 0.15) is 71.9 Å². The first kappa shape index (κ1) is 32.7. The van der Waals surface area contributed by atoms with Crippen molar-refractivity contribution >= 4 is 33.9 Å². The number of hydrogen-bond acceptors (Lipinski definition) is 13. The monoisotopic (exact) mass is 600 g/mol. The molecule has 0 aromatic rings. The van der Waals surface area contributed by atoms with E-state index < -0.39 is 60.1 Å². The fourth-order valence-corrected chi connectivity index (χ4v) is 7.14. The molecule has 0 unspecified atom stereocenters. The van der Waals surface area contributed by atoms with Crippen LogP contribution in [-0.4, -0.2) is 148 Å². The number of thioether (sulfide) groups is 2. The molecule has 12 atom stereocenters. The molecule has 5 rings (SSSR count). The molecule has 0 radical (unpaired) electrons. The highest BCUT2D eigenvalue weighted by atomic mass is 32.2. The Morgan fingerprint density at radius 3 is 1.69 bits per heavy atom. The van der Waals surface area contributed by atoms with Crippen molar-refractivity contribution in [3.8, 4) is 0 Å². The minimum absolute atomic E-state index is 0.140. The van der Waals surface area contributed by atoms with Gasteiger partial charge in [0.15, 0.2) is 16.1 Å². The second-order valence-electron chi connectivity index (χ2n) is 10.7. The Hall–Kier alpha value is -0.780. The first-order chi connectivity index (χ1) is 18.2. The van der Waals surface area contributed by atoms with E-state index in [4.69, 9.17) is 24.1 Å². The molecule has 15 heteroatoms. The van der Waals surface area contributed by atoms with Gasteiger partial charge >= 0.3 is 0 Å². The number of aliphatic hydroxyl groups excluding tert-OH is 3. The molecule has 0 saturated carbocycles. The van der Waals surface area contributed by atoms with E-state index in [0.717, 1.165) is 17.4 Å². The highest BCUT2D eigenvalue weighted by Crippen LogP contribution is 2.45. The van der Waals surface area contributed by atoms with Crippen molar-refractivity contribution in [2.75, 3.05) is 35.3 Å². The molecule has 11 nitrogen and oxygen atoms in total. The molecule has 3 N–H and O–H groups in total. The standard InChI is InChI=1S/C13H21FN2O3S.C10H17FN2O3S.CH4O/c1-6(14)8-10-9(18-13(2,3)19-10)7-11(17-8)20-12(15-7)16(4)5;1-4(11)8-7(15)6(14)5-9(16-8)17-10(12-5)13(2)3;1-2/h6-11H,1-5H3;4-9,14-15H,1-3H3;2H,1H3/t6-,7+,8+,9+,10+,11+;4-,5+,6+,7-,8+,9+;/m00./s1. The van der Waals surface area contributed by atoms with Crippen molar-refractivity contribution in [1.82, 2.24) is 9.80 Å². The normalized spacial score (nSPS) is 41.3. The van der Waals surface area contributed by atoms with Crippen LogP contribution in [0.15, 0.2) is 9.98 Å². The summed E-state index contributed by atoms with van der Waals surface area (Å²) in [6.07, 6.45) is -7.00. The average molecular weight is 601 g/mol. The van der Waals surface area contributed by atoms with E-state index in [1.165, 1.54) is 37.4 Å². The fraction of sp³-hybridized carbons (Fsp3) is 0.917. The molecule has 0 spiro atoms. The Morgan fingerprint density at radius 2 is 1.21 bits per heavy atom. The number of amidine groups is 2. The topological polar surface area (TPSA) is 129 Å². The zero-order valence-corrected chi connectivity index (χ0v) is 25.4. The van der Waals surface area contributed by atoms with Gasteiger partial charge in [-0.2, -0.15) is 0 Å². The number of halogens is 2. The third-order valence-electron chi connectivity index (χ3n) is 6.63. The molecule has 226 valence electrons. The van der Waals surface area contributed by atoms with Crippen molar-refractivity contribution in [3.63, 3.8) is 0 Å². The summed E-state index contributed by atoms with van der Waals surface area (Å²) >= 11 is 2.87. The predicted octanol–water partition coefficient (Wildman–Crippen LogP) is 1.06. The Morgan fingerprint density at radius 1 is 0.769 bits per heavy atom. The molecule has 0 aliphatic carbocycles. The van der Waals surface area contributed by atoms with Gasteiger partial charge in [0.25, 0.3) is 0 Å². The molecule has 0 aromatic carbocycles. The first-order valence-corrected chi connectivity index (χ1v) is 14.5. The second kappa shape index (κ2) is 13.0. The van der Waals surface area contributed by atoms with E-state index in [-0.39, 0.29) is 17.6 Å². The number of aliphatic imine (C=N–C) groups is 2. The number of rotatable bonds is 2. The lowest BCUT2D eigenvalue weighted by atomic mass is 9.96. The lowest BCUT2D eigenvalue weighted by Gasteiger charge is -2.38. The molecule has 3 fully saturated rings. The summed E-state index contributed by atoms with van der Waals surface area (Å²) in [6, 6.07) is -0.665. The maximum Gasteiger partial charge on any atom is 0.164 e. The van der Waals surface area contributed by atoms with Crippen LogP contribution >= 0.6 is 23.5 Å². The van der Waals surface area contributed by atoms with Gasteiger partial charge in [0.05, 0.1) is 0 Å². The first-order valence-electron chi connectivity index (χ1n) is 12.8. The predicted molar refractivity (Wildman–Crippen MR) is 147 cm³/mol. The van der Waals surface area contributed by atoms with Crippen molar-refractivity contribution in [3.05, 3.63) is 0 Å². The number of fused-ring (bicyclic) bond motifs is 4. The number of hydrogen-bond donors (Lipinski definition) is 3. The van der Waals surface area contributed by atoms with Crippen LogP contribution in [0.25, 0.3) is 0 Å². The molecule has 0 aromatic heterocycles. The molecular weight excluding hydrogens is 558 g/mol. The molecule has 3 saturated heterocycles. The summed E-state index contributed by atoms with van der Waals surface area (Å²) in [4.78, 5) is 12.7. The van der Waals surface area contributed by atoms with Gasteiger partial charge in [-0.05, 0) is 27.7 Å². The van der Waals surface area contributed by atoms with Crippen molar-refractivity contribution < 1.29 is 43.0 Å². The van der Waals surface area contributed by atoms with Crippen LogP contribution in [0.4, 0.5) is 8.78 Å². The summed E-state index contributed by atoms with van der Waals surface area (Å²) < 4.78 is 50.3. The molecular formula is C24H42F2N4O7S2. The number of aliphatic hydroxyl groups is 3. The van der Waals surface area contributed by atoms with E-state index in [0.29, 0.717) is 0 Å². The average Bonchev–Trinajstić information content (AvgIpc) is 3.56. The van der Waals surface area contributed by atoms with Gasteiger partial charge in [0.2, 0.25) is 0 Å². The lowest BCUT2D eigenvalue weighted by molar-refractivity contribution is -0.170. The minimum atomic E-state index is -1.33. The van der Waals surface area contributed by atoms with Gasteiger partial charge in [0, 0.05) is 35.3 Å². The zero-order chi connectivity index (χ0) is 29.4. The van der Waals surface area contributed by atoms with E-state index in [1.54, 1.807) is 4.90 Å². The van der Waals surface area contributed by atoms with Crippen LogP contribution < -0.4 is 0 Å². The Balaban J connectivity index is 0.000000205. The Kier molecular flexibility index (Phi) is 10.9. The maximum absolute atomic E-state index is 13.9. The summed E-state index contributed by atoms with van der Waals surface area (Å²) in [5, 5.41) is 28.3. The van der Waals surface area contributed by atoms with Crippen LogP contribution in [0.2, 0.25) is 0 Å². The molecule has 0 amide bonds. The third-order valence-corrected chi connectivity index (χ3v) is 9.24. The van der Waals surface area contributed by atoms with Gasteiger partial charge < -0.3 is 44.1 Å². The highest BCUT2D eigenvalue weighted by Gasteiger charge is 2.58. The Labute approximate surface area is 237 Å². The minimum Gasteiger partial charge on any atom is -0.400 e. The summed E-state index contributed by atoms with van der Waals surface area (Å²) in [7, 11) is 8.54. The van der Waals surface area contributed by atoms with Crippen LogP contribution in [0.1, 0.15) is 27.7 Å². The van der Waals surface area contributed by atoms with Crippen molar-refractivity contribution in [2.24, 2.45) is 9.98 Å². The van der Waals surface area contributed by atoms with Crippen molar-refractivity contribution in [1.29, 1.82) is 0 Å². The zero-order valence-electron chi connectivity index (χ0n) is 23.8. The highest BCUT2D eigenvalue weighted by molar-refractivity contribution is 8.14. The molecule has 39 heavy (non-hydrogen) atoms. The third kappa shape index (κ3) is 7.00. The number of ether oxygens (including phenoxy) is 4. The smallest absolute Gasteiger partial charge is 0.164 e. The maximum atomic E-state index is 13.9. The second-order valence-corrected chi connectivity index (χ2v) is 12.8. The summed E-state index contributed by atoms with van der Waals surface area (Å²) in [5.74, 6) is -0.720. The molecule has 5 aliphatic heterocycles. The van der Waals surface area contributed by atoms with Gasteiger partial charge in [-0.1, -0.05) is 23.5 Å². The SMILES string of the molecule is CO.C[C@H](F)[C@H]1O[C@@H]2SC(N(C)C)=N[C@@H]2[C@@H](O)[C@@H]1O.C[C@H](F)[C@H]1O[C@@H]2SC(N(C)C)=N[C@@H]2[C@H]2OC(C)(C)O[C@@H]21. The van der Waals surface area contributed by atoms with E-state index >= 15 is 0 Å². The lowest BCUT2D eigenvalue weighted by Crippen LogP contribution is -2.57. The van der Waals surface area contributed by atoms with Crippen LogP contribution in [-0.2, 0) is 18.9 Å². The van der Waals surface area contributed by atoms with Gasteiger partial charge in [-0.3, -0.25) is 9.98 Å². The van der Waals surface area contributed by atoms with E-state index in [2.05, 4.69) is 9.98 Å².